The van der Waals surface area contributed by atoms with Crippen LogP contribution in [0.5, 0.6) is 0 Å². The Hall–Kier alpha value is -2.34. The third-order valence-electron chi connectivity index (χ3n) is 6.21. The lowest BCUT2D eigenvalue weighted by molar-refractivity contribution is 0.547. The predicted octanol–water partition coefficient (Wildman–Crippen LogP) is 5.99. The van der Waals surface area contributed by atoms with E-state index in [2.05, 4.69) is 91.0 Å². The first-order valence-electron chi connectivity index (χ1n) is 9.08. The molecule has 3 aromatic carbocycles. The molecule has 0 saturated heterocycles. The van der Waals surface area contributed by atoms with Gasteiger partial charge in [0.15, 0.2) is 0 Å². The van der Waals surface area contributed by atoms with Crippen molar-refractivity contribution in [2.45, 2.75) is 24.2 Å². The molecule has 24 heavy (non-hydrogen) atoms. The molecule has 4 atom stereocenters. The van der Waals surface area contributed by atoms with Crippen LogP contribution in [-0.4, -0.2) is 0 Å². The fourth-order valence-corrected chi connectivity index (χ4v) is 5.22. The summed E-state index contributed by atoms with van der Waals surface area (Å²) in [6.07, 6.45) is 1.30. The molecule has 0 nitrogen and oxygen atoms in total. The van der Waals surface area contributed by atoms with Gasteiger partial charge in [0.05, 0.1) is 0 Å². The quantitative estimate of drug-likeness (QED) is 0.557. The Labute approximate surface area is 144 Å². The van der Waals surface area contributed by atoms with Crippen molar-refractivity contribution in [3.63, 3.8) is 0 Å². The second-order valence-electron chi connectivity index (χ2n) is 7.36. The standard InChI is InChI=1S/C24H22/c1-4-10-17(11-5-1)20-16-21(18-12-6-2-7-13-18)24-22(23(20)24)19-14-8-3-9-15-19/h1-15,20-24H,16H2. The molecule has 5 rings (SSSR count). The predicted molar refractivity (Wildman–Crippen MR) is 99.1 cm³/mol. The summed E-state index contributed by atoms with van der Waals surface area (Å²) in [6, 6.07) is 33.5. The fraction of sp³-hybridized carbons (Fsp3) is 0.250. The Morgan fingerprint density at radius 2 is 0.833 bits per heavy atom. The van der Waals surface area contributed by atoms with Crippen molar-refractivity contribution >= 4 is 0 Å². The largest absolute Gasteiger partial charge is 0.0622 e. The second-order valence-corrected chi connectivity index (χ2v) is 7.36. The fourth-order valence-electron chi connectivity index (χ4n) is 5.22. The molecule has 0 N–H and O–H groups in total. The zero-order valence-corrected chi connectivity index (χ0v) is 13.8. The van der Waals surface area contributed by atoms with E-state index in [0.717, 1.165) is 17.8 Å². The van der Waals surface area contributed by atoms with Crippen LogP contribution in [0.25, 0.3) is 0 Å². The summed E-state index contributed by atoms with van der Waals surface area (Å²) in [7, 11) is 0. The zero-order chi connectivity index (χ0) is 15.9. The zero-order valence-electron chi connectivity index (χ0n) is 13.8. The highest BCUT2D eigenvalue weighted by molar-refractivity contribution is 5.41. The van der Waals surface area contributed by atoms with Gasteiger partial charge in [-0.2, -0.15) is 0 Å². The molecule has 0 aromatic heterocycles. The van der Waals surface area contributed by atoms with Crippen LogP contribution in [0.2, 0.25) is 0 Å². The number of rotatable bonds is 3. The van der Waals surface area contributed by atoms with Crippen molar-refractivity contribution in [1.29, 1.82) is 0 Å². The van der Waals surface area contributed by atoms with Gasteiger partial charge in [-0.1, -0.05) is 91.0 Å². The van der Waals surface area contributed by atoms with Gasteiger partial charge in [-0.3, -0.25) is 0 Å². The summed E-state index contributed by atoms with van der Waals surface area (Å²) in [5, 5.41) is 0. The van der Waals surface area contributed by atoms with E-state index in [4.69, 9.17) is 0 Å². The third kappa shape index (κ3) is 2.21. The van der Waals surface area contributed by atoms with Gasteiger partial charge in [0.2, 0.25) is 0 Å². The normalized spacial score (nSPS) is 30.8. The minimum Gasteiger partial charge on any atom is -0.0622 e. The minimum atomic E-state index is 0.701. The van der Waals surface area contributed by atoms with Crippen LogP contribution in [0.1, 0.15) is 40.9 Å². The van der Waals surface area contributed by atoms with E-state index in [1.807, 2.05) is 0 Å². The summed E-state index contributed by atoms with van der Waals surface area (Å²) in [4.78, 5) is 0. The molecule has 2 saturated carbocycles. The monoisotopic (exact) mass is 310 g/mol. The maximum atomic E-state index is 2.33. The summed E-state index contributed by atoms with van der Waals surface area (Å²) in [5.41, 5.74) is 4.60. The summed E-state index contributed by atoms with van der Waals surface area (Å²) in [6.45, 7) is 0. The van der Waals surface area contributed by atoms with Crippen LogP contribution < -0.4 is 0 Å². The van der Waals surface area contributed by atoms with E-state index in [-0.39, 0.29) is 0 Å². The minimum absolute atomic E-state index is 0.701. The highest BCUT2D eigenvalue weighted by Gasteiger charge is 2.63. The summed E-state index contributed by atoms with van der Waals surface area (Å²) < 4.78 is 0. The van der Waals surface area contributed by atoms with Gasteiger partial charge in [0, 0.05) is 0 Å². The van der Waals surface area contributed by atoms with Gasteiger partial charge in [0.1, 0.15) is 0 Å². The van der Waals surface area contributed by atoms with Gasteiger partial charge in [-0.25, -0.2) is 0 Å². The van der Waals surface area contributed by atoms with Crippen molar-refractivity contribution in [3.8, 4) is 0 Å². The van der Waals surface area contributed by atoms with Gasteiger partial charge in [-0.15, -0.1) is 0 Å². The number of hydrogen-bond acceptors (Lipinski definition) is 0. The summed E-state index contributed by atoms with van der Waals surface area (Å²) in [5.74, 6) is 3.74. The molecular weight excluding hydrogens is 288 g/mol. The van der Waals surface area contributed by atoms with Crippen LogP contribution in [0.15, 0.2) is 91.0 Å². The topological polar surface area (TPSA) is 0 Å². The lowest BCUT2D eigenvalue weighted by atomic mass is 9.84. The molecule has 0 heteroatoms. The average Bonchev–Trinajstić information content (AvgIpc) is 3.28. The highest BCUT2D eigenvalue weighted by Crippen LogP contribution is 2.72. The number of fused-ring (bicyclic) bond motifs is 1. The molecule has 4 unspecified atom stereocenters. The first-order chi connectivity index (χ1) is 11.9. The molecule has 2 aliphatic rings. The molecule has 3 aromatic rings. The molecule has 0 aliphatic heterocycles. The van der Waals surface area contributed by atoms with Gasteiger partial charge < -0.3 is 0 Å². The Kier molecular flexibility index (Phi) is 3.29. The molecule has 0 spiro atoms. The molecule has 0 radical (unpaired) electrons. The summed E-state index contributed by atoms with van der Waals surface area (Å²) >= 11 is 0. The Morgan fingerprint density at radius 1 is 0.458 bits per heavy atom. The highest BCUT2D eigenvalue weighted by atomic mass is 14.7. The van der Waals surface area contributed by atoms with Crippen molar-refractivity contribution in [1.82, 2.24) is 0 Å². The maximum absolute atomic E-state index is 2.33. The van der Waals surface area contributed by atoms with Crippen LogP contribution >= 0.6 is 0 Å². The van der Waals surface area contributed by atoms with Crippen LogP contribution in [0.3, 0.4) is 0 Å². The van der Waals surface area contributed by atoms with E-state index in [9.17, 15) is 0 Å². The van der Waals surface area contributed by atoms with Gasteiger partial charge in [0.25, 0.3) is 0 Å². The molecule has 0 amide bonds. The SMILES string of the molecule is c1ccc(C2CC(c3ccccc3)C3C(c4ccccc4)C23)cc1. The lowest BCUT2D eigenvalue weighted by Crippen LogP contribution is -2.06. The van der Waals surface area contributed by atoms with Crippen molar-refractivity contribution < 1.29 is 0 Å². The lowest BCUT2D eigenvalue weighted by Gasteiger charge is -2.20. The first-order valence-corrected chi connectivity index (χ1v) is 9.08. The van der Waals surface area contributed by atoms with E-state index in [0.29, 0.717) is 11.8 Å². The Morgan fingerprint density at radius 3 is 1.25 bits per heavy atom. The van der Waals surface area contributed by atoms with Gasteiger partial charge >= 0.3 is 0 Å². The molecule has 2 fully saturated rings. The van der Waals surface area contributed by atoms with Crippen molar-refractivity contribution in [3.05, 3.63) is 108 Å². The van der Waals surface area contributed by atoms with E-state index in [1.165, 1.54) is 23.1 Å². The third-order valence-corrected chi connectivity index (χ3v) is 6.21. The second kappa shape index (κ2) is 5.63. The Bertz CT molecular complexity index is 755. The van der Waals surface area contributed by atoms with Gasteiger partial charge in [-0.05, 0) is 52.7 Å². The molecule has 2 aliphatic carbocycles. The molecular formula is C24H22. The van der Waals surface area contributed by atoms with Crippen LogP contribution in [0.4, 0.5) is 0 Å². The van der Waals surface area contributed by atoms with Crippen LogP contribution in [-0.2, 0) is 0 Å². The van der Waals surface area contributed by atoms with Crippen LogP contribution in [0, 0.1) is 11.8 Å². The van der Waals surface area contributed by atoms with E-state index >= 15 is 0 Å². The van der Waals surface area contributed by atoms with Crippen molar-refractivity contribution in [2.75, 3.05) is 0 Å². The molecule has 0 heterocycles. The van der Waals surface area contributed by atoms with E-state index < -0.39 is 0 Å². The Balaban J connectivity index is 1.53. The average molecular weight is 310 g/mol. The first kappa shape index (κ1) is 14.0. The van der Waals surface area contributed by atoms with E-state index in [1.54, 1.807) is 0 Å². The molecule has 0 bridgehead atoms. The smallest absolute Gasteiger partial charge is 0.00874 e. The number of hydrogen-bond donors (Lipinski definition) is 0. The maximum Gasteiger partial charge on any atom is -0.00874 e. The van der Waals surface area contributed by atoms with Crippen molar-refractivity contribution in [2.24, 2.45) is 11.8 Å². The number of benzene rings is 3. The molecule has 118 valence electrons.